The van der Waals surface area contributed by atoms with Crippen LogP contribution in [0.2, 0.25) is 0 Å². The number of para-hydroxylation sites is 1. The highest BCUT2D eigenvalue weighted by molar-refractivity contribution is 7.99. The van der Waals surface area contributed by atoms with Gasteiger partial charge in [0.2, 0.25) is 0 Å². The zero-order valence-electron chi connectivity index (χ0n) is 18.5. The lowest BCUT2D eigenvalue weighted by molar-refractivity contribution is 0.260. The van der Waals surface area contributed by atoms with E-state index in [1.54, 1.807) is 11.2 Å². The third kappa shape index (κ3) is 5.59. The quantitative estimate of drug-likeness (QED) is 0.209. The second-order valence-electron chi connectivity index (χ2n) is 8.26. The first-order valence-corrected chi connectivity index (χ1v) is 12.3. The number of rotatable bonds is 10. The lowest BCUT2D eigenvalue weighted by Gasteiger charge is -2.22. The van der Waals surface area contributed by atoms with Gasteiger partial charge >= 0.3 is 0 Å². The molecule has 0 bridgehead atoms. The van der Waals surface area contributed by atoms with Crippen LogP contribution in [0.3, 0.4) is 0 Å². The minimum atomic E-state index is 0.128. The van der Waals surface area contributed by atoms with Gasteiger partial charge in [-0.3, -0.25) is 0 Å². The Morgan fingerprint density at radius 2 is 1.97 bits per heavy atom. The number of hydrazine groups is 1. The molecule has 3 aromatic rings. The Morgan fingerprint density at radius 1 is 1.16 bits per heavy atom. The van der Waals surface area contributed by atoms with Gasteiger partial charge in [0.05, 0.1) is 0 Å². The van der Waals surface area contributed by atoms with Crippen LogP contribution >= 0.6 is 11.8 Å². The summed E-state index contributed by atoms with van der Waals surface area (Å²) < 4.78 is 0. The van der Waals surface area contributed by atoms with Gasteiger partial charge in [-0.25, -0.2) is 5.84 Å². The van der Waals surface area contributed by atoms with Crippen molar-refractivity contribution in [2.24, 2.45) is 11.6 Å². The van der Waals surface area contributed by atoms with Crippen LogP contribution in [0.1, 0.15) is 25.7 Å². The number of nitrogens with one attached hydrogen (secondary N) is 1. The molecule has 2 aromatic carbocycles. The SMILES string of the molecule is N/C(=C\N(N)CCCO)CCSc1ccc(N2CCCC2)c(-c2cc3ccccc3[nH]2)c1. The highest BCUT2D eigenvalue weighted by atomic mass is 32.2. The number of aromatic nitrogens is 1. The van der Waals surface area contributed by atoms with E-state index in [2.05, 4.69) is 58.4 Å². The van der Waals surface area contributed by atoms with Gasteiger partial charge < -0.3 is 25.7 Å². The fourth-order valence-corrected chi connectivity index (χ4v) is 5.09. The van der Waals surface area contributed by atoms with Gasteiger partial charge in [-0.15, -0.1) is 11.8 Å². The van der Waals surface area contributed by atoms with E-state index in [-0.39, 0.29) is 6.61 Å². The number of aliphatic hydroxyl groups is 1. The van der Waals surface area contributed by atoms with E-state index in [0.29, 0.717) is 13.0 Å². The number of aromatic amines is 1. The summed E-state index contributed by atoms with van der Waals surface area (Å²) in [5, 5.41) is 11.7. The summed E-state index contributed by atoms with van der Waals surface area (Å²) in [6, 6.07) is 17.5. The third-order valence-corrected chi connectivity index (χ3v) is 6.80. The molecule has 1 saturated heterocycles. The van der Waals surface area contributed by atoms with Gasteiger partial charge in [-0.1, -0.05) is 18.2 Å². The molecule has 0 saturated carbocycles. The van der Waals surface area contributed by atoms with Crippen molar-refractivity contribution in [2.75, 3.05) is 36.9 Å². The maximum absolute atomic E-state index is 8.91. The van der Waals surface area contributed by atoms with Gasteiger partial charge in [0.25, 0.3) is 0 Å². The first-order valence-electron chi connectivity index (χ1n) is 11.3. The van der Waals surface area contributed by atoms with Crippen LogP contribution in [0.5, 0.6) is 0 Å². The summed E-state index contributed by atoms with van der Waals surface area (Å²) in [4.78, 5) is 7.35. The van der Waals surface area contributed by atoms with Gasteiger partial charge in [0, 0.05) is 76.6 Å². The summed E-state index contributed by atoms with van der Waals surface area (Å²) in [5.74, 6) is 6.77. The molecule has 0 atom stereocenters. The number of fused-ring (bicyclic) bond motifs is 1. The normalized spacial score (nSPS) is 14.4. The first-order chi connectivity index (χ1) is 15.6. The number of benzene rings is 2. The Balaban J connectivity index is 1.50. The van der Waals surface area contributed by atoms with Crippen molar-refractivity contribution in [2.45, 2.75) is 30.6 Å². The molecular weight excluding hydrogens is 418 g/mol. The Kier molecular flexibility index (Phi) is 7.63. The van der Waals surface area contributed by atoms with Crippen LogP contribution in [0.15, 0.2) is 65.3 Å². The van der Waals surface area contributed by atoms with Crippen LogP contribution in [-0.2, 0) is 0 Å². The standard InChI is InChI=1S/C25H33N5OS/c26-20(18-30(27)13-5-14-31)10-15-32-21-8-9-25(29-11-3-4-12-29)22(17-21)24-16-19-6-1-2-7-23(19)28-24/h1-2,6-9,16-18,28,31H,3-5,10-15,26-27H2/b20-18-. The molecule has 1 aromatic heterocycles. The number of hydrogen-bond acceptors (Lipinski definition) is 6. The van der Waals surface area contributed by atoms with E-state index in [1.807, 2.05) is 11.8 Å². The summed E-state index contributed by atoms with van der Waals surface area (Å²) in [5.41, 5.74) is 11.8. The second-order valence-corrected chi connectivity index (χ2v) is 9.43. The summed E-state index contributed by atoms with van der Waals surface area (Å²) in [7, 11) is 0. The molecule has 170 valence electrons. The Morgan fingerprint density at radius 3 is 2.75 bits per heavy atom. The molecule has 0 radical (unpaired) electrons. The molecule has 6 N–H and O–H groups in total. The number of hydrogen-bond donors (Lipinski definition) is 4. The number of thioether (sulfide) groups is 1. The van der Waals surface area contributed by atoms with Crippen molar-refractivity contribution in [3.05, 3.63) is 60.4 Å². The van der Waals surface area contributed by atoms with Crippen LogP contribution in [0.25, 0.3) is 22.2 Å². The van der Waals surface area contributed by atoms with Gasteiger partial charge in [-0.2, -0.15) is 0 Å². The zero-order valence-corrected chi connectivity index (χ0v) is 19.3. The average molecular weight is 452 g/mol. The van der Waals surface area contributed by atoms with Crippen molar-refractivity contribution in [3.8, 4) is 11.3 Å². The fourth-order valence-electron chi connectivity index (χ4n) is 4.16. The summed E-state index contributed by atoms with van der Waals surface area (Å²) in [6.07, 6.45) is 5.67. The van der Waals surface area contributed by atoms with Gasteiger partial charge in [0.15, 0.2) is 0 Å². The largest absolute Gasteiger partial charge is 0.401 e. The minimum absolute atomic E-state index is 0.128. The molecule has 0 amide bonds. The van der Waals surface area contributed by atoms with Gasteiger partial charge in [-0.05, 0) is 56.0 Å². The van der Waals surface area contributed by atoms with E-state index in [1.165, 1.54) is 39.9 Å². The lowest BCUT2D eigenvalue weighted by atomic mass is 10.1. The Bertz CT molecular complexity index is 1020. The Hall–Kier alpha value is -2.61. The number of aliphatic hydroxyl groups excluding tert-OH is 1. The van der Waals surface area contributed by atoms with E-state index in [4.69, 9.17) is 16.7 Å². The number of nitrogens with two attached hydrogens (primary N) is 2. The molecule has 6 nitrogen and oxygen atoms in total. The smallest absolute Gasteiger partial charge is 0.0486 e. The molecule has 7 heteroatoms. The molecular formula is C25H33N5OS. The highest BCUT2D eigenvalue weighted by Crippen LogP contribution is 2.37. The predicted octanol–water partition coefficient (Wildman–Crippen LogP) is 4.28. The summed E-state index contributed by atoms with van der Waals surface area (Å²) >= 11 is 1.81. The number of nitrogens with zero attached hydrogens (tertiary/aromatic N) is 2. The van der Waals surface area contributed by atoms with E-state index in [0.717, 1.165) is 36.7 Å². The van der Waals surface area contributed by atoms with E-state index < -0.39 is 0 Å². The predicted molar refractivity (Wildman–Crippen MR) is 135 cm³/mol. The van der Waals surface area contributed by atoms with Crippen LogP contribution in [-0.4, -0.2) is 47.1 Å². The monoisotopic (exact) mass is 451 g/mol. The molecule has 1 aliphatic heterocycles. The van der Waals surface area contributed by atoms with Crippen molar-refractivity contribution in [3.63, 3.8) is 0 Å². The van der Waals surface area contributed by atoms with Gasteiger partial charge in [0.1, 0.15) is 0 Å². The fraction of sp³-hybridized carbons (Fsp3) is 0.360. The minimum Gasteiger partial charge on any atom is -0.401 e. The molecule has 1 fully saturated rings. The van der Waals surface area contributed by atoms with Crippen molar-refractivity contribution in [1.29, 1.82) is 0 Å². The second kappa shape index (κ2) is 10.8. The summed E-state index contributed by atoms with van der Waals surface area (Å²) in [6.45, 7) is 2.96. The average Bonchev–Trinajstić information content (AvgIpc) is 3.47. The van der Waals surface area contributed by atoms with Crippen LogP contribution in [0.4, 0.5) is 5.69 Å². The third-order valence-electron chi connectivity index (χ3n) is 5.80. The molecule has 2 heterocycles. The molecule has 4 rings (SSSR count). The maximum Gasteiger partial charge on any atom is 0.0486 e. The Labute approximate surface area is 194 Å². The zero-order chi connectivity index (χ0) is 22.3. The molecule has 1 aliphatic rings. The van der Waals surface area contributed by atoms with Crippen LogP contribution in [0, 0.1) is 0 Å². The number of H-pyrrole nitrogens is 1. The number of anilines is 1. The van der Waals surface area contributed by atoms with Crippen molar-refractivity contribution < 1.29 is 5.11 Å². The van der Waals surface area contributed by atoms with Crippen LogP contribution < -0.4 is 16.5 Å². The topological polar surface area (TPSA) is 94.5 Å². The highest BCUT2D eigenvalue weighted by Gasteiger charge is 2.18. The molecule has 0 unspecified atom stereocenters. The van der Waals surface area contributed by atoms with Crippen molar-refractivity contribution in [1.82, 2.24) is 9.99 Å². The lowest BCUT2D eigenvalue weighted by Crippen LogP contribution is -2.28. The van der Waals surface area contributed by atoms with E-state index >= 15 is 0 Å². The van der Waals surface area contributed by atoms with E-state index in [9.17, 15) is 0 Å². The maximum atomic E-state index is 8.91. The number of allylic oxidation sites excluding steroid dienone is 1. The molecule has 0 spiro atoms. The van der Waals surface area contributed by atoms with Crippen molar-refractivity contribution >= 4 is 28.4 Å². The first kappa shape index (κ1) is 22.6. The molecule has 0 aliphatic carbocycles. The molecule has 32 heavy (non-hydrogen) atoms.